The number of unbranched alkanes of at least 4 members (excludes halogenated alkanes) is 1. The molecule has 3 N–H and O–H groups in total. The molecule has 0 aliphatic heterocycles. The van der Waals surface area contributed by atoms with Gasteiger partial charge in [-0.1, -0.05) is 44.2 Å². The zero-order valence-electron chi connectivity index (χ0n) is 17.5. The summed E-state index contributed by atoms with van der Waals surface area (Å²) in [6.45, 7) is 4.33. The van der Waals surface area contributed by atoms with E-state index in [1.165, 1.54) is 14.8 Å². The second kappa shape index (κ2) is 10.2. The summed E-state index contributed by atoms with van der Waals surface area (Å²) in [4.78, 5) is 39.0. The first kappa shape index (κ1) is 22.5. The average molecular weight is 444 g/mol. The van der Waals surface area contributed by atoms with Gasteiger partial charge >= 0.3 is 5.69 Å². The standard InChI is InChI=1S/C20H25N7O3S/c1-3-5-6-13-7-9-14(10-8-13)27-20(23-24-25-27)31-12-15(28)16-17(21)26(11-4-2)19(30)22-18(16)29/h7-10H,3-6,11-12,21H2,1-2H3,(H,22,29,30). The van der Waals surface area contributed by atoms with E-state index >= 15 is 0 Å². The molecule has 0 amide bonds. The topological polar surface area (TPSA) is 142 Å². The number of H-pyrrole nitrogens is 1. The lowest BCUT2D eigenvalue weighted by molar-refractivity contribution is 0.102. The van der Waals surface area contributed by atoms with E-state index in [2.05, 4.69) is 27.4 Å². The number of ketones is 1. The van der Waals surface area contributed by atoms with E-state index in [9.17, 15) is 14.4 Å². The molecule has 10 nitrogen and oxygen atoms in total. The molecular formula is C20H25N7O3S. The average Bonchev–Trinajstić information content (AvgIpc) is 3.22. The highest BCUT2D eigenvalue weighted by molar-refractivity contribution is 7.99. The highest BCUT2D eigenvalue weighted by atomic mass is 32.2. The maximum Gasteiger partial charge on any atom is 0.329 e. The van der Waals surface area contributed by atoms with Gasteiger partial charge in [0.1, 0.15) is 11.4 Å². The van der Waals surface area contributed by atoms with E-state index < -0.39 is 17.0 Å². The summed E-state index contributed by atoms with van der Waals surface area (Å²) >= 11 is 1.09. The Balaban J connectivity index is 1.77. The number of hydrogen-bond acceptors (Lipinski definition) is 8. The van der Waals surface area contributed by atoms with Crippen molar-refractivity contribution in [3.63, 3.8) is 0 Å². The van der Waals surface area contributed by atoms with Crippen molar-refractivity contribution in [1.29, 1.82) is 0 Å². The van der Waals surface area contributed by atoms with Crippen LogP contribution in [0, 0.1) is 0 Å². The summed E-state index contributed by atoms with van der Waals surface area (Å²) < 4.78 is 2.73. The van der Waals surface area contributed by atoms with Gasteiger partial charge in [0.15, 0.2) is 5.78 Å². The van der Waals surface area contributed by atoms with E-state index in [0.717, 1.165) is 36.7 Å². The number of tetrazole rings is 1. The number of aromatic amines is 1. The number of nitrogens with two attached hydrogens (primary N) is 1. The third kappa shape index (κ3) is 5.10. The summed E-state index contributed by atoms with van der Waals surface area (Å²) in [7, 11) is 0. The number of nitrogens with zero attached hydrogens (tertiary/aromatic N) is 5. The Morgan fingerprint density at radius 2 is 1.90 bits per heavy atom. The maximum absolute atomic E-state index is 12.7. The van der Waals surface area contributed by atoms with Gasteiger partial charge in [0, 0.05) is 6.54 Å². The molecule has 0 saturated heterocycles. The van der Waals surface area contributed by atoms with Crippen LogP contribution in [-0.4, -0.2) is 41.3 Å². The summed E-state index contributed by atoms with van der Waals surface area (Å²) in [6.07, 6.45) is 3.90. The summed E-state index contributed by atoms with van der Waals surface area (Å²) in [6, 6.07) is 7.92. The van der Waals surface area contributed by atoms with Crippen LogP contribution in [0.25, 0.3) is 5.69 Å². The van der Waals surface area contributed by atoms with E-state index in [4.69, 9.17) is 5.73 Å². The molecule has 0 radical (unpaired) electrons. The Morgan fingerprint density at radius 1 is 1.16 bits per heavy atom. The second-order valence-electron chi connectivity index (χ2n) is 7.03. The Kier molecular flexibility index (Phi) is 7.40. The van der Waals surface area contributed by atoms with E-state index in [0.29, 0.717) is 18.1 Å². The Morgan fingerprint density at radius 3 is 2.58 bits per heavy atom. The molecule has 0 unspecified atom stereocenters. The number of hydrogen-bond donors (Lipinski definition) is 2. The van der Waals surface area contributed by atoms with Crippen LogP contribution in [0.4, 0.5) is 5.82 Å². The van der Waals surface area contributed by atoms with Gasteiger partial charge in [0.2, 0.25) is 5.16 Å². The molecule has 3 rings (SSSR count). The SMILES string of the molecule is CCCCc1ccc(-n2nnnc2SCC(=O)c2c(N)n(CCC)c(=O)[nH]c2=O)cc1. The summed E-state index contributed by atoms with van der Waals surface area (Å²) in [5, 5.41) is 12.1. The van der Waals surface area contributed by atoms with Crippen LogP contribution in [0.5, 0.6) is 0 Å². The van der Waals surface area contributed by atoms with Gasteiger partial charge in [-0.25, -0.2) is 4.79 Å². The zero-order valence-corrected chi connectivity index (χ0v) is 18.3. The fourth-order valence-corrected chi connectivity index (χ4v) is 3.88. The van der Waals surface area contributed by atoms with E-state index in [1.807, 2.05) is 31.2 Å². The smallest absolute Gasteiger partial charge is 0.329 e. The number of Topliss-reactive ketones (excluding diaryl/α,β-unsaturated/α-hetero) is 1. The van der Waals surface area contributed by atoms with Crippen molar-refractivity contribution in [3.05, 3.63) is 56.2 Å². The second-order valence-corrected chi connectivity index (χ2v) is 7.97. The summed E-state index contributed by atoms with van der Waals surface area (Å²) in [5.74, 6) is -0.728. The first-order chi connectivity index (χ1) is 15.0. The molecule has 3 aromatic rings. The number of thioether (sulfide) groups is 1. The van der Waals surface area contributed by atoms with E-state index in [1.54, 1.807) is 0 Å². The molecule has 2 heterocycles. The number of carbonyl (C=O) groups excluding carboxylic acids is 1. The third-order valence-corrected chi connectivity index (χ3v) is 5.66. The van der Waals surface area contributed by atoms with E-state index in [-0.39, 0.29) is 17.1 Å². The van der Waals surface area contributed by atoms with Gasteiger partial charge in [-0.2, -0.15) is 4.68 Å². The van der Waals surface area contributed by atoms with Crippen LogP contribution in [0.3, 0.4) is 0 Å². The number of benzene rings is 1. The molecule has 164 valence electrons. The molecule has 1 aromatic carbocycles. The van der Waals surface area contributed by atoms with Gasteiger partial charge in [0.25, 0.3) is 5.56 Å². The van der Waals surface area contributed by atoms with Gasteiger partial charge in [-0.3, -0.25) is 19.1 Å². The molecule has 11 heteroatoms. The van der Waals surface area contributed by atoms with Crippen LogP contribution < -0.4 is 17.0 Å². The lowest BCUT2D eigenvalue weighted by Crippen LogP contribution is -2.36. The van der Waals surface area contributed by atoms with Gasteiger partial charge < -0.3 is 5.73 Å². The largest absolute Gasteiger partial charge is 0.384 e. The molecule has 0 spiro atoms. The Hall–Kier alpha value is -3.21. The lowest BCUT2D eigenvalue weighted by atomic mass is 10.1. The number of aryl methyl sites for hydroxylation is 1. The molecule has 0 bridgehead atoms. The van der Waals surface area contributed by atoms with Crippen molar-refractivity contribution < 1.29 is 4.79 Å². The van der Waals surface area contributed by atoms with Crippen LogP contribution in [0.1, 0.15) is 49.0 Å². The normalized spacial score (nSPS) is 11.0. The number of nitrogen functional groups attached to an aromatic ring is 1. The number of anilines is 1. The molecular weight excluding hydrogens is 418 g/mol. The van der Waals surface area contributed by atoms with Crippen molar-refractivity contribution in [3.8, 4) is 5.69 Å². The third-order valence-electron chi connectivity index (χ3n) is 4.74. The van der Waals surface area contributed by atoms with Crippen LogP contribution in [0.2, 0.25) is 0 Å². The predicted molar refractivity (Wildman–Crippen MR) is 119 cm³/mol. The highest BCUT2D eigenvalue weighted by Crippen LogP contribution is 2.20. The first-order valence-electron chi connectivity index (χ1n) is 10.1. The zero-order chi connectivity index (χ0) is 22.4. The number of rotatable bonds is 10. The highest BCUT2D eigenvalue weighted by Gasteiger charge is 2.20. The van der Waals surface area contributed by atoms with Crippen molar-refractivity contribution >= 4 is 23.4 Å². The molecule has 0 aliphatic carbocycles. The van der Waals surface area contributed by atoms with Crippen molar-refractivity contribution in [2.24, 2.45) is 0 Å². The minimum Gasteiger partial charge on any atom is -0.384 e. The molecule has 31 heavy (non-hydrogen) atoms. The van der Waals surface area contributed by atoms with Gasteiger partial charge in [-0.15, -0.1) is 5.10 Å². The number of aromatic nitrogens is 6. The van der Waals surface area contributed by atoms with Crippen molar-refractivity contribution in [2.75, 3.05) is 11.5 Å². The van der Waals surface area contributed by atoms with Crippen LogP contribution in [0.15, 0.2) is 39.0 Å². The predicted octanol–water partition coefficient (Wildman–Crippen LogP) is 1.82. The molecule has 0 aliphatic rings. The Labute approximate surface area is 182 Å². The van der Waals surface area contributed by atoms with Crippen molar-refractivity contribution in [2.45, 2.75) is 51.2 Å². The molecule has 0 atom stereocenters. The fourth-order valence-electron chi connectivity index (χ4n) is 3.12. The number of nitrogens with one attached hydrogen (secondary N) is 1. The Bertz CT molecular complexity index is 1160. The van der Waals surface area contributed by atoms with Crippen molar-refractivity contribution in [1.82, 2.24) is 29.8 Å². The first-order valence-corrected chi connectivity index (χ1v) is 11.1. The monoisotopic (exact) mass is 443 g/mol. The fraction of sp³-hybridized carbons (Fsp3) is 0.400. The van der Waals surface area contributed by atoms with Gasteiger partial charge in [0.05, 0.1) is 11.4 Å². The van der Waals surface area contributed by atoms with Crippen LogP contribution >= 0.6 is 11.8 Å². The lowest BCUT2D eigenvalue weighted by Gasteiger charge is -2.11. The minimum absolute atomic E-state index is 0.105. The summed E-state index contributed by atoms with van der Waals surface area (Å²) in [5.41, 5.74) is 6.33. The quantitative estimate of drug-likeness (QED) is 0.357. The molecule has 0 fully saturated rings. The molecule has 2 aromatic heterocycles. The van der Waals surface area contributed by atoms with Crippen LogP contribution in [-0.2, 0) is 13.0 Å². The number of carbonyl (C=O) groups is 1. The minimum atomic E-state index is -0.789. The van der Waals surface area contributed by atoms with Gasteiger partial charge in [-0.05, 0) is 47.4 Å². The maximum atomic E-state index is 12.7. The molecule has 0 saturated carbocycles.